The lowest BCUT2D eigenvalue weighted by Gasteiger charge is -2.45. The number of rotatable bonds is 10. The Morgan fingerprint density at radius 3 is 2.29 bits per heavy atom. The largest absolute Gasteiger partial charge is 0.611 e. The lowest BCUT2D eigenvalue weighted by atomic mass is 9.61. The van der Waals surface area contributed by atoms with Gasteiger partial charge in [-0.05, 0) is 78.0 Å². The van der Waals surface area contributed by atoms with E-state index in [2.05, 4.69) is 62.0 Å². The highest BCUT2D eigenvalue weighted by atomic mass is 32.2. The molecule has 35 heavy (non-hydrogen) atoms. The fourth-order valence-corrected chi connectivity index (χ4v) is 6.82. The summed E-state index contributed by atoms with van der Waals surface area (Å²) in [5.41, 5.74) is 4.69. The molecule has 4 atom stereocenters. The van der Waals surface area contributed by atoms with Crippen LogP contribution in [0.1, 0.15) is 44.1 Å². The van der Waals surface area contributed by atoms with Crippen molar-refractivity contribution in [3.63, 3.8) is 0 Å². The molecule has 0 N–H and O–H groups in total. The minimum Gasteiger partial charge on any atom is -0.611 e. The SMILES string of the molecule is C=C(C)[C@@H]1CC[C@](CC[S+]([O-])c2ccccc2)(COC=O)C[C@H]1c1ccc(-c2ccccc2)cc1. The number of ether oxygens (including phenoxy) is 1. The molecule has 0 radical (unpaired) electrons. The average molecular weight is 487 g/mol. The second-order valence-corrected chi connectivity index (χ2v) is 11.4. The molecular formula is C31H34O3S. The summed E-state index contributed by atoms with van der Waals surface area (Å²) in [6.45, 7) is 7.34. The van der Waals surface area contributed by atoms with Gasteiger partial charge in [-0.3, -0.25) is 4.79 Å². The van der Waals surface area contributed by atoms with Gasteiger partial charge >= 0.3 is 0 Å². The third-order valence-electron chi connectivity index (χ3n) is 7.48. The number of carbonyl (C=O) groups is 1. The van der Waals surface area contributed by atoms with Crippen LogP contribution in [-0.4, -0.2) is 23.4 Å². The topological polar surface area (TPSA) is 49.4 Å². The molecule has 0 aromatic heterocycles. The molecule has 0 amide bonds. The summed E-state index contributed by atoms with van der Waals surface area (Å²) < 4.78 is 18.4. The quantitative estimate of drug-likeness (QED) is 0.173. The molecule has 1 aliphatic carbocycles. The monoisotopic (exact) mass is 486 g/mol. The summed E-state index contributed by atoms with van der Waals surface area (Å²) in [5, 5.41) is 0. The molecule has 1 saturated carbocycles. The van der Waals surface area contributed by atoms with E-state index in [0.29, 0.717) is 24.7 Å². The van der Waals surface area contributed by atoms with Gasteiger partial charge in [0.25, 0.3) is 6.47 Å². The Morgan fingerprint density at radius 2 is 1.66 bits per heavy atom. The molecule has 3 aromatic rings. The molecule has 4 rings (SSSR count). The van der Waals surface area contributed by atoms with Gasteiger partial charge in [-0.1, -0.05) is 84.9 Å². The summed E-state index contributed by atoms with van der Waals surface area (Å²) in [5.74, 6) is 1.22. The number of allylic oxidation sites excluding steroid dienone is 1. The molecule has 1 aliphatic rings. The Kier molecular flexibility index (Phi) is 8.48. The normalized spacial score (nSPS) is 22.8. The fraction of sp³-hybridized carbons (Fsp3) is 0.323. The highest BCUT2D eigenvalue weighted by Crippen LogP contribution is 2.51. The molecule has 0 heterocycles. The van der Waals surface area contributed by atoms with E-state index in [1.807, 2.05) is 36.4 Å². The van der Waals surface area contributed by atoms with E-state index in [9.17, 15) is 9.35 Å². The fourth-order valence-electron chi connectivity index (χ4n) is 5.51. The van der Waals surface area contributed by atoms with Crippen molar-refractivity contribution in [2.45, 2.75) is 43.4 Å². The Bertz CT molecular complexity index is 1100. The summed E-state index contributed by atoms with van der Waals surface area (Å²) in [6, 6.07) is 28.9. The maximum atomic E-state index is 13.0. The molecule has 1 unspecified atom stereocenters. The minimum atomic E-state index is -1.08. The average Bonchev–Trinajstić information content (AvgIpc) is 2.91. The van der Waals surface area contributed by atoms with Crippen molar-refractivity contribution >= 4 is 17.6 Å². The first-order valence-electron chi connectivity index (χ1n) is 12.3. The molecule has 0 aliphatic heterocycles. The van der Waals surface area contributed by atoms with Crippen molar-refractivity contribution < 1.29 is 14.1 Å². The van der Waals surface area contributed by atoms with Crippen molar-refractivity contribution in [1.82, 2.24) is 0 Å². The molecule has 0 spiro atoms. The van der Waals surface area contributed by atoms with Crippen LogP contribution in [0.3, 0.4) is 0 Å². The van der Waals surface area contributed by atoms with Gasteiger partial charge in [0.05, 0.1) is 6.61 Å². The van der Waals surface area contributed by atoms with Gasteiger partial charge in [0.15, 0.2) is 4.90 Å². The van der Waals surface area contributed by atoms with Crippen LogP contribution in [0, 0.1) is 11.3 Å². The van der Waals surface area contributed by atoms with Crippen LogP contribution in [-0.2, 0) is 20.7 Å². The Hall–Kier alpha value is -2.82. The van der Waals surface area contributed by atoms with E-state index < -0.39 is 11.2 Å². The molecule has 0 saturated heterocycles. The van der Waals surface area contributed by atoms with Crippen molar-refractivity contribution in [2.24, 2.45) is 11.3 Å². The van der Waals surface area contributed by atoms with Crippen molar-refractivity contribution in [2.75, 3.05) is 12.4 Å². The minimum absolute atomic E-state index is 0.194. The highest BCUT2D eigenvalue weighted by molar-refractivity contribution is 7.91. The molecule has 3 aromatic carbocycles. The van der Waals surface area contributed by atoms with Crippen molar-refractivity contribution in [1.29, 1.82) is 0 Å². The Labute approximate surface area is 212 Å². The lowest BCUT2D eigenvalue weighted by Crippen LogP contribution is -2.38. The zero-order chi connectivity index (χ0) is 24.7. The van der Waals surface area contributed by atoms with Crippen LogP contribution in [0.15, 0.2) is 102 Å². The Morgan fingerprint density at radius 1 is 1.03 bits per heavy atom. The van der Waals surface area contributed by atoms with Gasteiger partial charge in [0.2, 0.25) is 0 Å². The second-order valence-electron chi connectivity index (χ2n) is 9.81. The second kappa shape index (κ2) is 11.7. The van der Waals surface area contributed by atoms with Crippen LogP contribution < -0.4 is 0 Å². The van der Waals surface area contributed by atoms with Crippen LogP contribution in [0.25, 0.3) is 11.1 Å². The molecule has 1 fully saturated rings. The number of benzene rings is 3. The van der Waals surface area contributed by atoms with E-state index in [1.54, 1.807) is 0 Å². The first-order chi connectivity index (χ1) is 17.0. The van der Waals surface area contributed by atoms with Crippen molar-refractivity contribution in [3.05, 3.63) is 103 Å². The third-order valence-corrected chi connectivity index (χ3v) is 8.86. The van der Waals surface area contributed by atoms with Gasteiger partial charge in [0.1, 0.15) is 5.75 Å². The predicted octanol–water partition coefficient (Wildman–Crippen LogP) is 7.17. The van der Waals surface area contributed by atoms with E-state index in [1.165, 1.54) is 22.3 Å². The lowest BCUT2D eigenvalue weighted by molar-refractivity contribution is -0.133. The van der Waals surface area contributed by atoms with E-state index in [0.717, 1.165) is 30.6 Å². The van der Waals surface area contributed by atoms with Gasteiger partial charge < -0.3 is 9.29 Å². The molecular weight excluding hydrogens is 452 g/mol. The zero-order valence-electron chi connectivity index (χ0n) is 20.4. The number of hydrogen-bond donors (Lipinski definition) is 0. The van der Waals surface area contributed by atoms with E-state index in [4.69, 9.17) is 4.74 Å². The summed E-state index contributed by atoms with van der Waals surface area (Å²) in [6.07, 6.45) is 3.56. The maximum Gasteiger partial charge on any atom is 0.293 e. The molecule has 3 nitrogen and oxygen atoms in total. The van der Waals surface area contributed by atoms with Gasteiger partial charge in [-0.2, -0.15) is 0 Å². The van der Waals surface area contributed by atoms with Crippen molar-refractivity contribution in [3.8, 4) is 11.1 Å². The van der Waals surface area contributed by atoms with E-state index in [-0.39, 0.29) is 11.3 Å². The Balaban J connectivity index is 1.57. The zero-order valence-corrected chi connectivity index (χ0v) is 21.2. The van der Waals surface area contributed by atoms with Crippen LogP contribution >= 0.6 is 0 Å². The van der Waals surface area contributed by atoms with Gasteiger partial charge in [-0.15, -0.1) is 0 Å². The molecule has 182 valence electrons. The van der Waals surface area contributed by atoms with Crippen LogP contribution in [0.2, 0.25) is 0 Å². The molecule has 4 heteroatoms. The number of hydrogen-bond acceptors (Lipinski definition) is 3. The predicted molar refractivity (Wildman–Crippen MR) is 144 cm³/mol. The van der Waals surface area contributed by atoms with Gasteiger partial charge in [-0.25, -0.2) is 0 Å². The summed E-state index contributed by atoms with van der Waals surface area (Å²) in [7, 11) is 0. The summed E-state index contributed by atoms with van der Waals surface area (Å²) in [4.78, 5) is 12.0. The summed E-state index contributed by atoms with van der Waals surface area (Å²) >= 11 is -1.08. The number of carbonyl (C=O) groups excluding carboxylic acids is 1. The third kappa shape index (κ3) is 6.25. The van der Waals surface area contributed by atoms with Gasteiger partial charge in [0, 0.05) is 11.8 Å². The first-order valence-corrected chi connectivity index (χ1v) is 13.6. The molecule has 0 bridgehead atoms. The first kappa shape index (κ1) is 25.3. The highest BCUT2D eigenvalue weighted by Gasteiger charge is 2.43. The standard InChI is InChI=1S/C31H34O3S/c1-24(2)29-17-18-31(22-34-23-32,19-20-35(33)28-11-7-4-8-12-28)21-30(29)27-15-13-26(14-16-27)25-9-5-3-6-10-25/h3-16,23,29-30H,1,17-22H2,2H3/t29-,30-,31+,35?/m0/s1. The van der Waals surface area contributed by atoms with Crippen LogP contribution in [0.4, 0.5) is 0 Å². The maximum absolute atomic E-state index is 13.0. The van der Waals surface area contributed by atoms with E-state index >= 15 is 0 Å². The van der Waals surface area contributed by atoms with Crippen LogP contribution in [0.5, 0.6) is 0 Å². The smallest absolute Gasteiger partial charge is 0.293 e.